The van der Waals surface area contributed by atoms with E-state index in [2.05, 4.69) is 34.7 Å². The van der Waals surface area contributed by atoms with Crippen molar-refractivity contribution in [2.45, 2.75) is 26.5 Å². The van der Waals surface area contributed by atoms with Gasteiger partial charge in [-0.2, -0.15) is 0 Å². The van der Waals surface area contributed by atoms with Crippen molar-refractivity contribution in [1.29, 1.82) is 0 Å². The van der Waals surface area contributed by atoms with Gasteiger partial charge >= 0.3 is 0 Å². The Kier molecular flexibility index (Phi) is 6.98. The number of guanidine groups is 1. The van der Waals surface area contributed by atoms with Gasteiger partial charge in [0.1, 0.15) is 11.9 Å². The van der Waals surface area contributed by atoms with Crippen molar-refractivity contribution < 1.29 is 4.74 Å². The minimum absolute atomic E-state index is 0.0537. The standard InChI is InChI=1S/C19H25N3O/c1-3-20-19(22-15-17-10-6-4-7-11-17)21-14-16(2)23-18-12-8-5-9-13-18/h4-13,16H,3,14-15H2,1-2H3,(H2,20,21,22). The Hall–Kier alpha value is -2.49. The summed E-state index contributed by atoms with van der Waals surface area (Å²) in [6, 6.07) is 20.1. The molecule has 2 aromatic carbocycles. The maximum Gasteiger partial charge on any atom is 0.191 e. The molecule has 0 aliphatic rings. The lowest BCUT2D eigenvalue weighted by Gasteiger charge is -2.17. The van der Waals surface area contributed by atoms with Gasteiger partial charge < -0.3 is 15.4 Å². The number of para-hydroxylation sites is 1. The van der Waals surface area contributed by atoms with Crippen LogP contribution in [0.3, 0.4) is 0 Å². The Balaban J connectivity index is 1.84. The number of rotatable bonds is 7. The van der Waals surface area contributed by atoms with Gasteiger partial charge in [0, 0.05) is 6.54 Å². The second-order valence-corrected chi connectivity index (χ2v) is 5.30. The first-order chi connectivity index (χ1) is 11.3. The normalized spacial score (nSPS) is 12.5. The third-order valence-corrected chi connectivity index (χ3v) is 3.24. The Labute approximate surface area is 138 Å². The van der Waals surface area contributed by atoms with Crippen LogP contribution in [0.1, 0.15) is 19.4 Å². The molecule has 0 aliphatic carbocycles. The summed E-state index contributed by atoms with van der Waals surface area (Å²) >= 11 is 0. The third-order valence-electron chi connectivity index (χ3n) is 3.24. The highest BCUT2D eigenvalue weighted by Crippen LogP contribution is 2.10. The number of ether oxygens (including phenoxy) is 1. The average molecular weight is 311 g/mol. The summed E-state index contributed by atoms with van der Waals surface area (Å²) < 4.78 is 5.86. The van der Waals surface area contributed by atoms with Gasteiger partial charge in [-0.15, -0.1) is 0 Å². The van der Waals surface area contributed by atoms with E-state index in [0.717, 1.165) is 18.3 Å². The van der Waals surface area contributed by atoms with Crippen LogP contribution in [0.5, 0.6) is 5.75 Å². The largest absolute Gasteiger partial charge is 0.489 e. The van der Waals surface area contributed by atoms with E-state index >= 15 is 0 Å². The molecule has 4 nitrogen and oxygen atoms in total. The van der Waals surface area contributed by atoms with E-state index in [1.54, 1.807) is 0 Å². The van der Waals surface area contributed by atoms with Crippen molar-refractivity contribution in [3.63, 3.8) is 0 Å². The van der Waals surface area contributed by atoms with E-state index in [1.807, 2.05) is 55.5 Å². The maximum absolute atomic E-state index is 5.86. The molecule has 0 bridgehead atoms. The fraction of sp³-hybridized carbons (Fsp3) is 0.316. The van der Waals surface area contributed by atoms with Gasteiger partial charge in [0.15, 0.2) is 5.96 Å². The molecule has 1 atom stereocenters. The van der Waals surface area contributed by atoms with Gasteiger partial charge in [0.2, 0.25) is 0 Å². The Morgan fingerprint density at radius 3 is 2.30 bits per heavy atom. The summed E-state index contributed by atoms with van der Waals surface area (Å²) in [6.45, 7) is 6.28. The van der Waals surface area contributed by atoms with Gasteiger partial charge in [-0.05, 0) is 31.5 Å². The zero-order chi connectivity index (χ0) is 16.3. The van der Waals surface area contributed by atoms with Crippen LogP contribution in [0.15, 0.2) is 65.7 Å². The van der Waals surface area contributed by atoms with Crippen molar-refractivity contribution in [3.05, 3.63) is 66.2 Å². The minimum atomic E-state index is 0.0537. The van der Waals surface area contributed by atoms with E-state index < -0.39 is 0 Å². The summed E-state index contributed by atoms with van der Waals surface area (Å²) in [5.74, 6) is 1.69. The summed E-state index contributed by atoms with van der Waals surface area (Å²) in [6.07, 6.45) is 0.0537. The van der Waals surface area contributed by atoms with Gasteiger partial charge in [0.25, 0.3) is 0 Å². The predicted molar refractivity (Wildman–Crippen MR) is 95.8 cm³/mol. The first-order valence-corrected chi connectivity index (χ1v) is 8.05. The lowest BCUT2D eigenvalue weighted by atomic mass is 10.2. The summed E-state index contributed by atoms with van der Waals surface area (Å²) in [4.78, 5) is 4.60. The Morgan fingerprint density at radius 1 is 1.00 bits per heavy atom. The first-order valence-electron chi connectivity index (χ1n) is 8.05. The molecule has 1 unspecified atom stereocenters. The van der Waals surface area contributed by atoms with Crippen LogP contribution in [-0.4, -0.2) is 25.2 Å². The van der Waals surface area contributed by atoms with Crippen LogP contribution < -0.4 is 15.4 Å². The summed E-state index contributed by atoms with van der Waals surface area (Å²) in [7, 11) is 0. The highest BCUT2D eigenvalue weighted by atomic mass is 16.5. The molecule has 0 heterocycles. The van der Waals surface area contributed by atoms with E-state index in [0.29, 0.717) is 13.1 Å². The van der Waals surface area contributed by atoms with Gasteiger partial charge in [-0.1, -0.05) is 48.5 Å². The molecule has 0 radical (unpaired) electrons. The molecule has 2 aromatic rings. The van der Waals surface area contributed by atoms with Crippen LogP contribution in [-0.2, 0) is 6.54 Å². The first kappa shape index (κ1) is 16.9. The molecule has 23 heavy (non-hydrogen) atoms. The van der Waals surface area contributed by atoms with E-state index in [4.69, 9.17) is 4.74 Å². The summed E-state index contributed by atoms with van der Waals surface area (Å²) in [5.41, 5.74) is 1.19. The van der Waals surface area contributed by atoms with Gasteiger partial charge in [-0.25, -0.2) is 4.99 Å². The number of nitrogens with one attached hydrogen (secondary N) is 2. The summed E-state index contributed by atoms with van der Waals surface area (Å²) in [5, 5.41) is 6.58. The van der Waals surface area contributed by atoms with Crippen molar-refractivity contribution in [3.8, 4) is 5.75 Å². The molecule has 2 rings (SSSR count). The molecule has 0 spiro atoms. The molecule has 0 amide bonds. The van der Waals surface area contributed by atoms with Crippen LogP contribution >= 0.6 is 0 Å². The number of hydrogen-bond donors (Lipinski definition) is 2. The van der Waals surface area contributed by atoms with E-state index in [1.165, 1.54) is 5.56 Å². The second-order valence-electron chi connectivity index (χ2n) is 5.30. The molecule has 0 aliphatic heterocycles. The number of nitrogens with zero attached hydrogens (tertiary/aromatic N) is 1. The number of aliphatic imine (C=N–C) groups is 1. The van der Waals surface area contributed by atoms with Crippen LogP contribution in [0.2, 0.25) is 0 Å². The minimum Gasteiger partial charge on any atom is -0.489 e. The van der Waals surface area contributed by atoms with E-state index in [9.17, 15) is 0 Å². The number of benzene rings is 2. The Bertz CT molecular complexity index is 584. The lowest BCUT2D eigenvalue weighted by Crippen LogP contribution is -2.41. The molecule has 0 saturated carbocycles. The van der Waals surface area contributed by atoms with Crippen molar-refractivity contribution in [2.24, 2.45) is 4.99 Å². The maximum atomic E-state index is 5.86. The van der Waals surface area contributed by atoms with Gasteiger partial charge in [0.05, 0.1) is 13.1 Å². The van der Waals surface area contributed by atoms with Crippen molar-refractivity contribution in [1.82, 2.24) is 10.6 Å². The smallest absolute Gasteiger partial charge is 0.191 e. The lowest BCUT2D eigenvalue weighted by molar-refractivity contribution is 0.224. The van der Waals surface area contributed by atoms with E-state index in [-0.39, 0.29) is 6.10 Å². The third kappa shape index (κ3) is 6.43. The van der Waals surface area contributed by atoms with Crippen LogP contribution in [0.4, 0.5) is 0 Å². The zero-order valence-electron chi connectivity index (χ0n) is 13.8. The van der Waals surface area contributed by atoms with Crippen molar-refractivity contribution >= 4 is 5.96 Å². The molecule has 0 fully saturated rings. The topological polar surface area (TPSA) is 45.7 Å². The predicted octanol–water partition coefficient (Wildman–Crippen LogP) is 3.21. The Morgan fingerprint density at radius 2 is 1.65 bits per heavy atom. The number of hydrogen-bond acceptors (Lipinski definition) is 2. The zero-order valence-corrected chi connectivity index (χ0v) is 13.8. The molecule has 0 saturated heterocycles. The SMILES string of the molecule is CCNC(=NCc1ccccc1)NCC(C)Oc1ccccc1. The van der Waals surface area contributed by atoms with Crippen LogP contribution in [0, 0.1) is 0 Å². The van der Waals surface area contributed by atoms with Crippen molar-refractivity contribution in [2.75, 3.05) is 13.1 Å². The molecule has 2 N–H and O–H groups in total. The van der Waals surface area contributed by atoms with Gasteiger partial charge in [-0.3, -0.25) is 0 Å². The average Bonchev–Trinajstić information content (AvgIpc) is 2.59. The fourth-order valence-corrected chi connectivity index (χ4v) is 2.11. The highest BCUT2D eigenvalue weighted by Gasteiger charge is 2.05. The molecule has 122 valence electrons. The quantitative estimate of drug-likeness (QED) is 0.610. The monoisotopic (exact) mass is 311 g/mol. The highest BCUT2D eigenvalue weighted by molar-refractivity contribution is 5.79. The van der Waals surface area contributed by atoms with Crippen LogP contribution in [0.25, 0.3) is 0 Å². The molecule has 4 heteroatoms. The molecular formula is C19H25N3O. The molecule has 0 aromatic heterocycles. The second kappa shape index (κ2) is 9.51. The fourth-order valence-electron chi connectivity index (χ4n) is 2.11. The molecular weight excluding hydrogens is 286 g/mol.